The highest BCUT2D eigenvalue weighted by molar-refractivity contribution is 6.74. The maximum Gasteiger partial charge on any atom is 0.340 e. The van der Waals surface area contributed by atoms with Crippen LogP contribution in [0.2, 0.25) is 18.1 Å². The lowest BCUT2D eigenvalue weighted by molar-refractivity contribution is -0.185. The molecule has 0 saturated carbocycles. The summed E-state index contributed by atoms with van der Waals surface area (Å²) in [6, 6.07) is 0. The minimum Gasteiger partial charge on any atom is -0.467 e. The summed E-state index contributed by atoms with van der Waals surface area (Å²) in [5.74, 6) is -0.417. The quantitative estimate of drug-likeness (QED) is 0.549. The molecular formula is C17H30O7Si. The van der Waals surface area contributed by atoms with Crippen LogP contribution in [-0.4, -0.2) is 71.4 Å². The molecule has 3 aliphatic heterocycles. The van der Waals surface area contributed by atoms with E-state index in [2.05, 4.69) is 33.9 Å². The van der Waals surface area contributed by atoms with Crippen molar-refractivity contribution in [3.8, 4) is 0 Å². The van der Waals surface area contributed by atoms with Crippen LogP contribution in [-0.2, 0) is 32.9 Å². The minimum absolute atomic E-state index is 0.0413. The van der Waals surface area contributed by atoms with Crippen LogP contribution in [0.5, 0.6) is 0 Å². The summed E-state index contributed by atoms with van der Waals surface area (Å²) in [5, 5.41) is 0.0413. The number of ether oxygens (including phenoxy) is 5. The molecule has 0 radical (unpaired) electrons. The first kappa shape index (κ1) is 19.3. The predicted molar refractivity (Wildman–Crippen MR) is 91.7 cm³/mol. The summed E-state index contributed by atoms with van der Waals surface area (Å²) < 4.78 is 34.6. The number of methoxy groups -OCH3 is 1. The molecule has 0 aromatic carbocycles. The van der Waals surface area contributed by atoms with Crippen molar-refractivity contribution in [2.75, 3.05) is 27.1 Å². The highest BCUT2D eigenvalue weighted by Crippen LogP contribution is 2.43. The van der Waals surface area contributed by atoms with Gasteiger partial charge in [-0.3, -0.25) is 0 Å². The van der Waals surface area contributed by atoms with Gasteiger partial charge in [-0.25, -0.2) is 4.79 Å². The van der Waals surface area contributed by atoms with E-state index in [-0.39, 0.29) is 42.9 Å². The van der Waals surface area contributed by atoms with Crippen molar-refractivity contribution in [2.45, 2.75) is 75.3 Å². The van der Waals surface area contributed by atoms with E-state index < -0.39 is 19.9 Å². The first-order valence-corrected chi connectivity index (χ1v) is 11.8. The maximum absolute atomic E-state index is 12.6. The van der Waals surface area contributed by atoms with Crippen LogP contribution in [0.1, 0.15) is 27.2 Å². The molecule has 0 amide bonds. The average Bonchev–Trinajstić information content (AvgIpc) is 3.15. The van der Waals surface area contributed by atoms with Gasteiger partial charge in [-0.05, 0) is 18.1 Å². The topological polar surface area (TPSA) is 72.5 Å². The van der Waals surface area contributed by atoms with Crippen molar-refractivity contribution < 1.29 is 32.9 Å². The van der Waals surface area contributed by atoms with E-state index >= 15 is 0 Å². The first-order valence-electron chi connectivity index (χ1n) is 8.85. The summed E-state index contributed by atoms with van der Waals surface area (Å²) in [7, 11) is -0.662. The average molecular weight is 375 g/mol. The van der Waals surface area contributed by atoms with Gasteiger partial charge < -0.3 is 28.1 Å². The molecule has 5 atom stereocenters. The Bertz CT molecular complexity index is 518. The van der Waals surface area contributed by atoms with Gasteiger partial charge in [0.15, 0.2) is 13.9 Å². The van der Waals surface area contributed by atoms with E-state index in [1.807, 2.05) is 0 Å². The molecule has 3 aliphatic rings. The second-order valence-corrected chi connectivity index (χ2v) is 13.5. The van der Waals surface area contributed by atoms with Gasteiger partial charge in [0.2, 0.25) is 0 Å². The molecule has 3 fully saturated rings. The zero-order valence-electron chi connectivity index (χ0n) is 16.0. The summed E-state index contributed by atoms with van der Waals surface area (Å²) >= 11 is 0. The Kier molecular flexibility index (Phi) is 5.07. The molecule has 0 aliphatic carbocycles. The second-order valence-electron chi connectivity index (χ2n) is 8.65. The van der Waals surface area contributed by atoms with Crippen molar-refractivity contribution in [1.82, 2.24) is 0 Å². The van der Waals surface area contributed by atoms with Crippen LogP contribution < -0.4 is 0 Å². The summed E-state index contributed by atoms with van der Waals surface area (Å²) in [6.45, 7) is 11.7. The molecule has 0 aromatic heterocycles. The number of rotatable bonds is 4. The number of carbonyl (C=O) groups excluding carboxylic acids is 1. The smallest absolute Gasteiger partial charge is 0.340 e. The summed E-state index contributed by atoms with van der Waals surface area (Å²) in [4.78, 5) is 12.6. The highest BCUT2D eigenvalue weighted by atomic mass is 28.4. The molecule has 0 aromatic rings. The molecule has 3 heterocycles. The maximum atomic E-state index is 12.6. The van der Waals surface area contributed by atoms with Crippen molar-refractivity contribution in [3.63, 3.8) is 0 Å². The van der Waals surface area contributed by atoms with Gasteiger partial charge in [-0.1, -0.05) is 20.8 Å². The molecular weight excluding hydrogens is 344 g/mol. The van der Waals surface area contributed by atoms with E-state index in [1.165, 1.54) is 7.11 Å². The minimum atomic E-state index is -2.04. The Balaban J connectivity index is 1.78. The normalized spacial score (nSPS) is 38.3. The third-order valence-corrected chi connectivity index (χ3v) is 10.5. The van der Waals surface area contributed by atoms with Crippen LogP contribution in [0.3, 0.4) is 0 Å². The third-order valence-electron chi connectivity index (χ3n) is 6.00. The van der Waals surface area contributed by atoms with Crippen molar-refractivity contribution in [1.29, 1.82) is 0 Å². The van der Waals surface area contributed by atoms with Gasteiger partial charge in [0.1, 0.15) is 25.1 Å². The Morgan fingerprint density at radius 3 is 2.52 bits per heavy atom. The fourth-order valence-corrected chi connectivity index (χ4v) is 4.34. The van der Waals surface area contributed by atoms with Crippen molar-refractivity contribution in [3.05, 3.63) is 0 Å². The number of hydrogen-bond donors (Lipinski definition) is 0. The lowest BCUT2D eigenvalue weighted by atomic mass is 9.95. The van der Waals surface area contributed by atoms with Crippen LogP contribution in [0.4, 0.5) is 0 Å². The Morgan fingerprint density at radius 1 is 1.16 bits per heavy atom. The monoisotopic (exact) mass is 374 g/mol. The van der Waals surface area contributed by atoms with Crippen LogP contribution in [0.15, 0.2) is 0 Å². The molecule has 0 unspecified atom stereocenters. The molecule has 8 heteroatoms. The molecule has 25 heavy (non-hydrogen) atoms. The predicted octanol–water partition coefficient (Wildman–Crippen LogP) is 1.85. The van der Waals surface area contributed by atoms with Gasteiger partial charge in [-0.15, -0.1) is 0 Å². The summed E-state index contributed by atoms with van der Waals surface area (Å²) in [5.41, 5.74) is -1.15. The zero-order valence-corrected chi connectivity index (χ0v) is 17.0. The van der Waals surface area contributed by atoms with Gasteiger partial charge in [-0.2, -0.15) is 0 Å². The highest BCUT2D eigenvalue weighted by Gasteiger charge is 2.60. The number of hydrogen-bond acceptors (Lipinski definition) is 7. The molecule has 7 nitrogen and oxygen atoms in total. The lowest BCUT2D eigenvalue weighted by Gasteiger charge is -2.39. The van der Waals surface area contributed by atoms with E-state index in [0.717, 1.165) is 0 Å². The molecule has 3 rings (SSSR count). The van der Waals surface area contributed by atoms with Gasteiger partial charge in [0, 0.05) is 6.42 Å². The van der Waals surface area contributed by atoms with Gasteiger partial charge in [0.25, 0.3) is 0 Å². The van der Waals surface area contributed by atoms with E-state index in [0.29, 0.717) is 13.0 Å². The Labute approximate surface area is 150 Å². The number of carbonyl (C=O) groups is 1. The van der Waals surface area contributed by atoms with Crippen molar-refractivity contribution in [2.24, 2.45) is 0 Å². The van der Waals surface area contributed by atoms with E-state index in [4.69, 9.17) is 28.1 Å². The van der Waals surface area contributed by atoms with E-state index in [9.17, 15) is 4.79 Å². The second kappa shape index (κ2) is 6.58. The first-order chi connectivity index (χ1) is 11.6. The molecule has 0 spiro atoms. The fraction of sp³-hybridized carbons (Fsp3) is 0.941. The third kappa shape index (κ3) is 3.40. The zero-order chi connectivity index (χ0) is 18.5. The fourth-order valence-electron chi connectivity index (χ4n) is 3.32. The molecule has 0 N–H and O–H groups in total. The number of esters is 1. The SMILES string of the molecule is COC(=O)[C@@]1(CO[Si](C)(C)C(C)(C)C)C[C@H]2OC[C@@H]3OCO[C@@H]3[C@H]2O1. The lowest BCUT2D eigenvalue weighted by Crippen LogP contribution is -2.51. The number of fused-ring (bicyclic) bond motifs is 3. The molecule has 0 bridgehead atoms. The molecule has 144 valence electrons. The summed E-state index contributed by atoms with van der Waals surface area (Å²) in [6.07, 6.45) is -0.506. The van der Waals surface area contributed by atoms with Crippen molar-refractivity contribution >= 4 is 14.3 Å². The van der Waals surface area contributed by atoms with E-state index in [1.54, 1.807) is 0 Å². The molecule has 3 saturated heterocycles. The standard InChI is InChI=1S/C17H30O7Si/c1-16(2,3)25(5,6)23-9-17(15(18)19-4)7-11-14(24-17)13-12(8-20-11)21-10-22-13/h11-14H,7-10H2,1-6H3/t11-,12+,13+,14+,17+/m1/s1. The largest absolute Gasteiger partial charge is 0.467 e. The van der Waals surface area contributed by atoms with Crippen LogP contribution >= 0.6 is 0 Å². The Hall–Kier alpha value is -0.513. The Morgan fingerprint density at radius 2 is 1.88 bits per heavy atom. The van der Waals surface area contributed by atoms with Gasteiger partial charge in [0.05, 0.1) is 26.4 Å². The van der Waals surface area contributed by atoms with Gasteiger partial charge >= 0.3 is 5.97 Å². The van der Waals surface area contributed by atoms with Crippen LogP contribution in [0, 0.1) is 0 Å². The van der Waals surface area contributed by atoms with Crippen LogP contribution in [0.25, 0.3) is 0 Å².